The van der Waals surface area contributed by atoms with Crippen molar-refractivity contribution in [3.05, 3.63) is 35.2 Å². The van der Waals surface area contributed by atoms with E-state index in [-0.39, 0.29) is 12.5 Å². The number of carbonyl (C=O) groups is 1. The van der Waals surface area contributed by atoms with Gasteiger partial charge in [0.25, 0.3) is 0 Å². The normalized spacial score (nSPS) is 10.4. The van der Waals surface area contributed by atoms with Crippen LogP contribution < -0.4 is 5.32 Å². The Morgan fingerprint density at radius 2 is 2.37 bits per heavy atom. The van der Waals surface area contributed by atoms with Crippen LogP contribution in [-0.2, 0) is 11.3 Å². The van der Waals surface area contributed by atoms with Crippen molar-refractivity contribution < 1.29 is 4.79 Å². The maximum absolute atomic E-state index is 11.6. The summed E-state index contributed by atoms with van der Waals surface area (Å²) in [5, 5.41) is 6.99. The lowest BCUT2D eigenvalue weighted by Gasteiger charge is -2.03. The van der Waals surface area contributed by atoms with Crippen LogP contribution in [0.5, 0.6) is 0 Å². The Hall–Kier alpha value is -1.69. The molecular formula is C13H15BrN4O. The van der Waals surface area contributed by atoms with E-state index < -0.39 is 0 Å². The summed E-state index contributed by atoms with van der Waals surface area (Å²) in [5.41, 5.74) is 1.71. The monoisotopic (exact) mass is 322 g/mol. The first-order valence-corrected chi connectivity index (χ1v) is 6.90. The highest BCUT2D eigenvalue weighted by molar-refractivity contribution is 9.10. The highest BCUT2D eigenvalue weighted by Gasteiger charge is 2.08. The van der Waals surface area contributed by atoms with E-state index in [2.05, 4.69) is 31.3 Å². The fourth-order valence-electron chi connectivity index (χ4n) is 1.64. The van der Waals surface area contributed by atoms with Crippen molar-refractivity contribution in [1.82, 2.24) is 20.1 Å². The first kappa shape index (κ1) is 13.7. The minimum Gasteiger partial charge on any atom is -0.355 e. The highest BCUT2D eigenvalue weighted by Crippen LogP contribution is 2.24. The maximum atomic E-state index is 11.6. The predicted molar refractivity (Wildman–Crippen MR) is 76.5 cm³/mol. The summed E-state index contributed by atoms with van der Waals surface area (Å²) in [4.78, 5) is 15.9. The number of nitrogens with zero attached hydrogens (tertiary/aromatic N) is 3. The van der Waals surface area contributed by atoms with Gasteiger partial charge in [-0.15, -0.1) is 0 Å². The fraction of sp³-hybridized carbons (Fsp3) is 0.308. The topological polar surface area (TPSA) is 59.8 Å². The van der Waals surface area contributed by atoms with Crippen molar-refractivity contribution in [2.45, 2.75) is 19.9 Å². The maximum Gasteiger partial charge on any atom is 0.241 e. The number of carbonyl (C=O) groups excluding carboxylic acids is 1. The largest absolute Gasteiger partial charge is 0.355 e. The van der Waals surface area contributed by atoms with E-state index >= 15 is 0 Å². The van der Waals surface area contributed by atoms with Crippen LogP contribution in [0.4, 0.5) is 0 Å². The van der Waals surface area contributed by atoms with Crippen molar-refractivity contribution in [3.63, 3.8) is 0 Å². The molecule has 5 nitrogen and oxygen atoms in total. The SMILES string of the molecule is CCCNC(=O)Cn1cc(-c2ncccc2Br)cn1. The third kappa shape index (κ3) is 3.64. The van der Waals surface area contributed by atoms with Gasteiger partial charge in [-0.1, -0.05) is 6.92 Å². The zero-order valence-electron chi connectivity index (χ0n) is 10.6. The number of aromatic nitrogens is 3. The third-order valence-electron chi connectivity index (χ3n) is 2.54. The van der Waals surface area contributed by atoms with Crippen LogP contribution in [-0.4, -0.2) is 27.2 Å². The zero-order chi connectivity index (χ0) is 13.7. The first-order chi connectivity index (χ1) is 9.20. The van der Waals surface area contributed by atoms with Crippen LogP contribution in [0.25, 0.3) is 11.3 Å². The number of pyridine rings is 1. The van der Waals surface area contributed by atoms with E-state index in [4.69, 9.17) is 0 Å². The smallest absolute Gasteiger partial charge is 0.241 e. The second-order valence-corrected chi connectivity index (χ2v) is 4.96. The van der Waals surface area contributed by atoms with Gasteiger partial charge in [0.2, 0.25) is 5.91 Å². The highest BCUT2D eigenvalue weighted by atomic mass is 79.9. The van der Waals surface area contributed by atoms with Crippen LogP contribution in [0, 0.1) is 0 Å². The number of nitrogens with one attached hydrogen (secondary N) is 1. The summed E-state index contributed by atoms with van der Waals surface area (Å²) in [5.74, 6) is -0.0309. The minimum atomic E-state index is -0.0309. The minimum absolute atomic E-state index is 0.0309. The zero-order valence-corrected chi connectivity index (χ0v) is 12.2. The molecule has 0 radical (unpaired) electrons. The average Bonchev–Trinajstić information content (AvgIpc) is 2.85. The molecule has 100 valence electrons. The van der Waals surface area contributed by atoms with Gasteiger partial charge < -0.3 is 5.32 Å². The molecule has 0 fully saturated rings. The van der Waals surface area contributed by atoms with Crippen LogP contribution >= 0.6 is 15.9 Å². The van der Waals surface area contributed by atoms with Crippen molar-refractivity contribution in [2.75, 3.05) is 6.54 Å². The van der Waals surface area contributed by atoms with Crippen molar-refractivity contribution in [1.29, 1.82) is 0 Å². The lowest BCUT2D eigenvalue weighted by molar-refractivity contribution is -0.121. The molecule has 0 aromatic carbocycles. The summed E-state index contributed by atoms with van der Waals surface area (Å²) in [6.45, 7) is 2.94. The number of hydrogen-bond acceptors (Lipinski definition) is 3. The molecule has 2 rings (SSSR count). The molecule has 0 aliphatic heterocycles. The lowest BCUT2D eigenvalue weighted by atomic mass is 10.2. The lowest BCUT2D eigenvalue weighted by Crippen LogP contribution is -2.28. The Morgan fingerprint density at radius 3 is 3.11 bits per heavy atom. The molecule has 19 heavy (non-hydrogen) atoms. The van der Waals surface area contributed by atoms with Gasteiger partial charge in [-0.25, -0.2) is 0 Å². The van der Waals surface area contributed by atoms with Gasteiger partial charge in [0.15, 0.2) is 0 Å². The van der Waals surface area contributed by atoms with Crippen molar-refractivity contribution in [3.8, 4) is 11.3 Å². The van der Waals surface area contributed by atoms with E-state index in [0.29, 0.717) is 6.54 Å². The Balaban J connectivity index is 2.07. The summed E-state index contributed by atoms with van der Waals surface area (Å²) in [6.07, 6.45) is 6.18. The summed E-state index contributed by atoms with van der Waals surface area (Å²) in [6, 6.07) is 3.78. The van der Waals surface area contributed by atoms with Crippen LogP contribution in [0.3, 0.4) is 0 Å². The molecule has 6 heteroatoms. The number of halogens is 1. The second kappa shape index (κ2) is 6.47. The molecule has 0 aliphatic rings. The van der Waals surface area contributed by atoms with E-state index in [1.54, 1.807) is 17.1 Å². The Labute approximate surface area is 120 Å². The number of hydrogen-bond donors (Lipinski definition) is 1. The molecule has 2 aromatic heterocycles. The molecule has 2 heterocycles. The third-order valence-corrected chi connectivity index (χ3v) is 3.18. The van der Waals surface area contributed by atoms with E-state index in [9.17, 15) is 4.79 Å². The molecule has 0 aliphatic carbocycles. The van der Waals surface area contributed by atoms with Gasteiger partial charge >= 0.3 is 0 Å². The Morgan fingerprint density at radius 1 is 1.53 bits per heavy atom. The van der Waals surface area contributed by atoms with Gasteiger partial charge in [-0.2, -0.15) is 5.10 Å². The van der Waals surface area contributed by atoms with Gasteiger partial charge in [-0.05, 0) is 34.5 Å². The van der Waals surface area contributed by atoms with Crippen LogP contribution in [0.1, 0.15) is 13.3 Å². The average molecular weight is 323 g/mol. The summed E-state index contributed by atoms with van der Waals surface area (Å²) >= 11 is 3.45. The van der Waals surface area contributed by atoms with Gasteiger partial charge in [0, 0.05) is 29.0 Å². The first-order valence-electron chi connectivity index (χ1n) is 6.10. The van der Waals surface area contributed by atoms with Crippen molar-refractivity contribution >= 4 is 21.8 Å². The molecular weight excluding hydrogens is 308 g/mol. The summed E-state index contributed by atoms with van der Waals surface area (Å²) in [7, 11) is 0. The summed E-state index contributed by atoms with van der Waals surface area (Å²) < 4.78 is 2.52. The van der Waals surface area contributed by atoms with Crippen LogP contribution in [0.2, 0.25) is 0 Å². The van der Waals surface area contributed by atoms with E-state index in [1.165, 1.54) is 0 Å². The number of amides is 1. The quantitative estimate of drug-likeness (QED) is 0.918. The number of rotatable bonds is 5. The molecule has 0 unspecified atom stereocenters. The predicted octanol–water partition coefficient (Wildman–Crippen LogP) is 2.23. The standard InChI is InChI=1S/C13H15BrN4O/c1-2-5-15-12(19)9-18-8-10(7-17-18)13-11(14)4-3-6-16-13/h3-4,6-8H,2,5,9H2,1H3,(H,15,19). The Kier molecular flexibility index (Phi) is 4.68. The molecule has 0 bridgehead atoms. The molecule has 2 aromatic rings. The second-order valence-electron chi connectivity index (χ2n) is 4.11. The Bertz CT molecular complexity index is 567. The molecule has 1 N–H and O–H groups in total. The molecule has 0 saturated heterocycles. The van der Waals surface area contributed by atoms with Gasteiger partial charge in [0.1, 0.15) is 6.54 Å². The van der Waals surface area contributed by atoms with Gasteiger partial charge in [0.05, 0.1) is 11.9 Å². The van der Waals surface area contributed by atoms with Crippen LogP contribution in [0.15, 0.2) is 35.2 Å². The molecule has 0 spiro atoms. The van der Waals surface area contributed by atoms with E-state index in [1.807, 2.05) is 25.3 Å². The van der Waals surface area contributed by atoms with E-state index in [0.717, 1.165) is 22.2 Å². The van der Waals surface area contributed by atoms with Gasteiger partial charge in [-0.3, -0.25) is 14.5 Å². The van der Waals surface area contributed by atoms with Crippen molar-refractivity contribution in [2.24, 2.45) is 0 Å². The molecule has 0 saturated carbocycles. The molecule has 1 amide bonds. The molecule has 0 atom stereocenters. The fourth-order valence-corrected chi connectivity index (χ4v) is 2.12.